The minimum Gasteiger partial charge on any atom is -0.444 e. The fourth-order valence-electron chi connectivity index (χ4n) is 3.62. The topological polar surface area (TPSA) is 63.7 Å². The van der Waals surface area contributed by atoms with Gasteiger partial charge in [0.1, 0.15) is 5.60 Å². The number of likely N-dealkylation sites (tertiary alicyclic amines) is 1. The van der Waals surface area contributed by atoms with Crippen LogP contribution in [0.3, 0.4) is 0 Å². The van der Waals surface area contributed by atoms with E-state index < -0.39 is 15.4 Å². The minimum atomic E-state index is -3.71. The molecule has 1 saturated heterocycles. The van der Waals surface area contributed by atoms with Crippen molar-refractivity contribution in [3.8, 4) is 0 Å². The normalized spacial score (nSPS) is 15.1. The van der Waals surface area contributed by atoms with E-state index >= 15 is 0 Å². The average Bonchev–Trinajstić information content (AvgIpc) is 2.68. The fraction of sp³-hybridized carbons (Fsp3) is 0.375. The molecule has 1 aliphatic rings. The van der Waals surface area contributed by atoms with Crippen molar-refractivity contribution in [2.75, 3.05) is 13.1 Å². The van der Waals surface area contributed by atoms with Gasteiger partial charge >= 0.3 is 6.09 Å². The van der Waals surface area contributed by atoms with E-state index in [2.05, 4.69) is 0 Å². The van der Waals surface area contributed by atoms with Crippen LogP contribution < -0.4 is 0 Å². The Labute approximate surface area is 179 Å². The zero-order chi connectivity index (χ0) is 21.9. The number of piperidine rings is 1. The van der Waals surface area contributed by atoms with E-state index in [-0.39, 0.29) is 6.09 Å². The third-order valence-corrected chi connectivity index (χ3v) is 7.13. The summed E-state index contributed by atoms with van der Waals surface area (Å²) in [5, 5.41) is 0. The third-order valence-electron chi connectivity index (χ3n) is 5.03. The van der Waals surface area contributed by atoms with Crippen LogP contribution in [-0.2, 0) is 14.6 Å². The SMILES string of the molecule is Cc1ccccc1S(=O)(=O)C(=C1CCN(C(=O)OC(C)(C)C)CC1)c1ccccc1. The van der Waals surface area contributed by atoms with Crippen LogP contribution in [0.2, 0.25) is 0 Å². The van der Waals surface area contributed by atoms with E-state index in [0.29, 0.717) is 41.3 Å². The maximum absolute atomic E-state index is 13.7. The number of hydrogen-bond donors (Lipinski definition) is 0. The summed E-state index contributed by atoms with van der Waals surface area (Å²) in [6, 6.07) is 16.3. The molecule has 5 nitrogen and oxygen atoms in total. The van der Waals surface area contributed by atoms with Crippen molar-refractivity contribution in [1.82, 2.24) is 4.90 Å². The van der Waals surface area contributed by atoms with Crippen LogP contribution in [0.25, 0.3) is 4.91 Å². The molecule has 0 aliphatic carbocycles. The second-order valence-electron chi connectivity index (χ2n) is 8.54. The molecule has 1 aliphatic heterocycles. The van der Waals surface area contributed by atoms with Crippen molar-refractivity contribution < 1.29 is 17.9 Å². The molecule has 2 aromatic rings. The van der Waals surface area contributed by atoms with Gasteiger partial charge in [-0.05, 0) is 63.3 Å². The zero-order valence-electron chi connectivity index (χ0n) is 18.0. The Kier molecular flexibility index (Phi) is 6.36. The highest BCUT2D eigenvalue weighted by Crippen LogP contribution is 2.36. The van der Waals surface area contributed by atoms with Crippen molar-refractivity contribution >= 4 is 20.8 Å². The smallest absolute Gasteiger partial charge is 0.410 e. The molecule has 3 rings (SSSR count). The summed E-state index contributed by atoms with van der Waals surface area (Å²) in [5.74, 6) is 0. The lowest BCUT2D eigenvalue weighted by Gasteiger charge is -2.32. The van der Waals surface area contributed by atoms with E-state index in [9.17, 15) is 13.2 Å². The lowest BCUT2D eigenvalue weighted by Crippen LogP contribution is -2.40. The van der Waals surface area contributed by atoms with Crippen molar-refractivity contribution in [3.63, 3.8) is 0 Å². The standard InChI is InChI=1S/C24H29NO4S/c1-18-10-8-9-13-21(18)30(27,28)22(19-11-6-5-7-12-19)20-14-16-25(17-15-20)23(26)29-24(2,3)4/h5-13H,14-17H2,1-4H3. The first-order valence-electron chi connectivity index (χ1n) is 10.2. The summed E-state index contributed by atoms with van der Waals surface area (Å²) >= 11 is 0. The maximum Gasteiger partial charge on any atom is 0.410 e. The van der Waals surface area contributed by atoms with E-state index in [1.807, 2.05) is 70.2 Å². The second-order valence-corrected chi connectivity index (χ2v) is 10.4. The number of ether oxygens (including phenoxy) is 1. The van der Waals surface area contributed by atoms with Crippen molar-refractivity contribution in [2.45, 2.75) is 51.0 Å². The number of carbonyl (C=O) groups is 1. The van der Waals surface area contributed by atoms with Crippen molar-refractivity contribution in [1.29, 1.82) is 0 Å². The van der Waals surface area contributed by atoms with Gasteiger partial charge in [-0.3, -0.25) is 0 Å². The van der Waals surface area contributed by atoms with Gasteiger partial charge in [0.05, 0.1) is 9.80 Å². The predicted molar refractivity (Wildman–Crippen MR) is 119 cm³/mol. The van der Waals surface area contributed by atoms with E-state index in [1.165, 1.54) is 0 Å². The molecule has 0 spiro atoms. The molecule has 1 fully saturated rings. The molecule has 0 unspecified atom stereocenters. The molecule has 6 heteroatoms. The van der Waals surface area contributed by atoms with Gasteiger partial charge < -0.3 is 9.64 Å². The van der Waals surface area contributed by atoms with Crippen LogP contribution in [0.4, 0.5) is 4.79 Å². The van der Waals surface area contributed by atoms with E-state index in [0.717, 1.165) is 11.1 Å². The van der Waals surface area contributed by atoms with Gasteiger partial charge in [0.15, 0.2) is 0 Å². The van der Waals surface area contributed by atoms with Gasteiger partial charge in [0.25, 0.3) is 0 Å². The molecular weight excluding hydrogens is 398 g/mol. The summed E-state index contributed by atoms with van der Waals surface area (Å²) in [6.07, 6.45) is 0.632. The molecular formula is C24H29NO4S. The maximum atomic E-state index is 13.7. The molecule has 0 radical (unpaired) electrons. The lowest BCUT2D eigenvalue weighted by atomic mass is 10.0. The Morgan fingerprint density at radius 1 is 0.933 bits per heavy atom. The second kappa shape index (κ2) is 8.64. The third kappa shape index (κ3) is 4.93. The summed E-state index contributed by atoms with van der Waals surface area (Å²) < 4.78 is 32.8. The number of rotatable bonds is 3. The highest BCUT2D eigenvalue weighted by atomic mass is 32.2. The lowest BCUT2D eigenvalue weighted by molar-refractivity contribution is 0.0237. The number of nitrogens with zero attached hydrogens (tertiary/aromatic N) is 1. The quantitative estimate of drug-likeness (QED) is 0.674. The molecule has 0 aromatic heterocycles. The number of aryl methyl sites for hydroxylation is 1. The Hall–Kier alpha value is -2.60. The number of carbonyl (C=O) groups excluding carboxylic acids is 1. The molecule has 0 saturated carbocycles. The van der Waals surface area contributed by atoms with Gasteiger partial charge in [-0.25, -0.2) is 13.2 Å². The molecule has 0 atom stereocenters. The van der Waals surface area contributed by atoms with Gasteiger partial charge in [-0.2, -0.15) is 0 Å². The average molecular weight is 428 g/mol. The summed E-state index contributed by atoms with van der Waals surface area (Å²) in [4.78, 5) is 14.7. The Balaban J connectivity index is 1.98. The predicted octanol–water partition coefficient (Wildman–Crippen LogP) is 5.21. The highest BCUT2D eigenvalue weighted by molar-refractivity contribution is 8.00. The van der Waals surface area contributed by atoms with E-state index in [4.69, 9.17) is 4.74 Å². The Bertz CT molecular complexity index is 1040. The highest BCUT2D eigenvalue weighted by Gasteiger charge is 2.31. The van der Waals surface area contributed by atoms with Crippen LogP contribution in [0, 0.1) is 6.92 Å². The van der Waals surface area contributed by atoms with Gasteiger partial charge in [-0.15, -0.1) is 0 Å². The minimum absolute atomic E-state index is 0.325. The number of sulfone groups is 1. The van der Waals surface area contributed by atoms with Crippen molar-refractivity contribution in [3.05, 3.63) is 71.3 Å². The van der Waals surface area contributed by atoms with Crippen LogP contribution >= 0.6 is 0 Å². The first-order valence-corrected chi connectivity index (χ1v) is 11.6. The Morgan fingerprint density at radius 3 is 2.07 bits per heavy atom. The summed E-state index contributed by atoms with van der Waals surface area (Å²) in [7, 11) is -3.71. The molecule has 0 N–H and O–H groups in total. The molecule has 2 aromatic carbocycles. The molecule has 30 heavy (non-hydrogen) atoms. The summed E-state index contributed by atoms with van der Waals surface area (Å²) in [6.45, 7) is 8.19. The first kappa shape index (κ1) is 22.1. The van der Waals surface area contributed by atoms with Crippen LogP contribution in [0.1, 0.15) is 44.7 Å². The largest absolute Gasteiger partial charge is 0.444 e. The van der Waals surface area contributed by atoms with Crippen LogP contribution in [0.15, 0.2) is 65.1 Å². The fourth-order valence-corrected chi connectivity index (χ4v) is 5.62. The molecule has 0 bridgehead atoms. The number of hydrogen-bond acceptors (Lipinski definition) is 4. The van der Waals surface area contributed by atoms with Gasteiger partial charge in [0, 0.05) is 13.1 Å². The number of benzene rings is 2. The van der Waals surface area contributed by atoms with Crippen molar-refractivity contribution in [2.24, 2.45) is 0 Å². The first-order chi connectivity index (χ1) is 14.1. The molecule has 1 amide bonds. The zero-order valence-corrected chi connectivity index (χ0v) is 18.8. The van der Waals surface area contributed by atoms with Crippen LogP contribution in [-0.4, -0.2) is 38.1 Å². The Morgan fingerprint density at radius 2 is 1.50 bits per heavy atom. The number of amides is 1. The van der Waals surface area contributed by atoms with Gasteiger partial charge in [0.2, 0.25) is 9.84 Å². The van der Waals surface area contributed by atoms with Gasteiger partial charge in [-0.1, -0.05) is 48.5 Å². The molecule has 160 valence electrons. The monoisotopic (exact) mass is 427 g/mol. The van der Waals surface area contributed by atoms with E-state index in [1.54, 1.807) is 17.0 Å². The molecule has 1 heterocycles. The summed E-state index contributed by atoms with van der Waals surface area (Å²) in [5.41, 5.74) is 1.69. The van der Waals surface area contributed by atoms with Crippen LogP contribution in [0.5, 0.6) is 0 Å².